The molecule has 6 nitrogen and oxygen atoms in total. The van der Waals surface area contributed by atoms with Gasteiger partial charge in [-0.1, -0.05) is 6.07 Å². The molecule has 0 spiro atoms. The molecule has 1 aliphatic heterocycles. The van der Waals surface area contributed by atoms with Crippen LogP contribution < -0.4 is 0 Å². The van der Waals surface area contributed by atoms with E-state index in [0.717, 1.165) is 30.9 Å². The van der Waals surface area contributed by atoms with Crippen molar-refractivity contribution in [3.05, 3.63) is 59.3 Å². The highest BCUT2D eigenvalue weighted by Crippen LogP contribution is 2.23. The molecular formula is C19H19F2N5O. The molecule has 3 heterocycles. The first-order valence-corrected chi connectivity index (χ1v) is 9.01. The van der Waals surface area contributed by atoms with Crippen LogP contribution in [0.2, 0.25) is 0 Å². The van der Waals surface area contributed by atoms with Crippen molar-refractivity contribution in [2.24, 2.45) is 5.92 Å². The van der Waals surface area contributed by atoms with E-state index in [4.69, 9.17) is 0 Å². The zero-order valence-electron chi connectivity index (χ0n) is 14.7. The second-order valence-electron chi connectivity index (χ2n) is 6.95. The Balaban J connectivity index is 1.39. The predicted molar refractivity (Wildman–Crippen MR) is 94.1 cm³/mol. The second-order valence-corrected chi connectivity index (χ2v) is 6.95. The van der Waals surface area contributed by atoms with Crippen LogP contribution in [-0.2, 0) is 6.42 Å². The van der Waals surface area contributed by atoms with Gasteiger partial charge < -0.3 is 4.90 Å². The van der Waals surface area contributed by atoms with Crippen LogP contribution in [0.3, 0.4) is 0 Å². The number of piperidine rings is 1. The molecule has 1 aromatic carbocycles. The number of aryl methyl sites for hydroxylation is 1. The van der Waals surface area contributed by atoms with Crippen LogP contribution in [-0.4, -0.2) is 43.9 Å². The van der Waals surface area contributed by atoms with E-state index in [9.17, 15) is 13.6 Å². The smallest absolute Gasteiger partial charge is 0.255 e. The molecule has 140 valence electrons. The maximum absolute atomic E-state index is 13.3. The van der Waals surface area contributed by atoms with E-state index in [1.807, 2.05) is 4.90 Å². The lowest BCUT2D eigenvalue weighted by Crippen LogP contribution is -2.40. The molecule has 2 aromatic heterocycles. The number of amides is 1. The fourth-order valence-electron chi connectivity index (χ4n) is 3.60. The average molecular weight is 371 g/mol. The van der Waals surface area contributed by atoms with E-state index in [2.05, 4.69) is 15.5 Å². The number of aromatic nitrogens is 4. The van der Waals surface area contributed by atoms with Crippen LogP contribution in [0.25, 0.3) is 5.65 Å². The fourth-order valence-corrected chi connectivity index (χ4v) is 3.60. The van der Waals surface area contributed by atoms with Crippen molar-refractivity contribution >= 4 is 11.6 Å². The van der Waals surface area contributed by atoms with Crippen molar-refractivity contribution in [1.82, 2.24) is 24.9 Å². The standard InChI is InChI=1S/C19H19F2N5O/c20-16-7-5-13(10-17(16)21)3-4-14-2-1-9-25(11-14)19(27)15-6-8-18-22-23-24-26(18)12-15/h5-8,10,12,14H,1-4,9,11H2/t14-/m1/s1. The SMILES string of the molecule is O=C(c1ccc2nnnn2c1)N1CCC[C@H](CCc2ccc(F)c(F)c2)C1. The van der Waals surface area contributed by atoms with Gasteiger partial charge in [0.25, 0.3) is 5.91 Å². The van der Waals surface area contributed by atoms with E-state index >= 15 is 0 Å². The lowest BCUT2D eigenvalue weighted by Gasteiger charge is -2.33. The number of pyridine rings is 1. The fraction of sp³-hybridized carbons (Fsp3) is 0.368. The Morgan fingerprint density at radius 3 is 2.93 bits per heavy atom. The van der Waals surface area contributed by atoms with Crippen LogP contribution in [0, 0.1) is 17.6 Å². The summed E-state index contributed by atoms with van der Waals surface area (Å²) in [6, 6.07) is 7.49. The van der Waals surface area contributed by atoms with Gasteiger partial charge in [0.15, 0.2) is 17.3 Å². The maximum Gasteiger partial charge on any atom is 0.255 e. The zero-order chi connectivity index (χ0) is 18.8. The number of nitrogens with zero attached hydrogens (tertiary/aromatic N) is 5. The molecule has 3 aromatic rings. The minimum atomic E-state index is -0.826. The lowest BCUT2D eigenvalue weighted by molar-refractivity contribution is 0.0667. The van der Waals surface area contributed by atoms with E-state index in [-0.39, 0.29) is 5.91 Å². The topological polar surface area (TPSA) is 63.4 Å². The molecule has 1 fully saturated rings. The lowest BCUT2D eigenvalue weighted by atomic mass is 9.91. The van der Waals surface area contributed by atoms with Gasteiger partial charge in [0, 0.05) is 19.3 Å². The Morgan fingerprint density at radius 2 is 2.07 bits per heavy atom. The van der Waals surface area contributed by atoms with E-state index in [1.54, 1.807) is 24.4 Å². The van der Waals surface area contributed by atoms with E-state index in [0.29, 0.717) is 36.6 Å². The number of likely N-dealkylation sites (tertiary alicyclic amines) is 1. The number of halogens is 2. The molecule has 27 heavy (non-hydrogen) atoms. The van der Waals surface area contributed by atoms with Gasteiger partial charge in [-0.15, -0.1) is 5.10 Å². The number of rotatable bonds is 4. The number of fused-ring (bicyclic) bond motifs is 1. The molecule has 1 atom stereocenters. The highest BCUT2D eigenvalue weighted by Gasteiger charge is 2.25. The van der Waals surface area contributed by atoms with Crippen LogP contribution in [0.1, 0.15) is 35.2 Å². The van der Waals surface area contributed by atoms with Gasteiger partial charge >= 0.3 is 0 Å². The monoisotopic (exact) mass is 371 g/mol. The average Bonchev–Trinajstić information content (AvgIpc) is 3.16. The van der Waals surface area contributed by atoms with Crippen molar-refractivity contribution in [3.63, 3.8) is 0 Å². The largest absolute Gasteiger partial charge is 0.338 e. The normalized spacial score (nSPS) is 17.4. The van der Waals surface area contributed by atoms with Crippen LogP contribution in [0.15, 0.2) is 36.5 Å². The third kappa shape index (κ3) is 3.79. The summed E-state index contributed by atoms with van der Waals surface area (Å²) in [4.78, 5) is 14.7. The quantitative estimate of drug-likeness (QED) is 0.707. The number of tetrazole rings is 1. The van der Waals surface area contributed by atoms with Crippen molar-refractivity contribution in [3.8, 4) is 0 Å². The predicted octanol–water partition coefficient (Wildman–Crippen LogP) is 2.89. The summed E-state index contributed by atoms with van der Waals surface area (Å²) in [5, 5.41) is 11.2. The number of carbonyl (C=O) groups is 1. The molecule has 1 amide bonds. The highest BCUT2D eigenvalue weighted by molar-refractivity contribution is 5.94. The molecule has 4 rings (SSSR count). The van der Waals surface area contributed by atoms with Gasteiger partial charge in [0.1, 0.15) is 0 Å². The van der Waals surface area contributed by atoms with Crippen LogP contribution in [0.4, 0.5) is 8.78 Å². The van der Waals surface area contributed by atoms with Gasteiger partial charge in [-0.3, -0.25) is 4.79 Å². The minimum Gasteiger partial charge on any atom is -0.338 e. The Kier molecular flexibility index (Phi) is 4.79. The van der Waals surface area contributed by atoms with Gasteiger partial charge in [-0.25, -0.2) is 8.78 Å². The first-order valence-electron chi connectivity index (χ1n) is 9.01. The molecule has 0 saturated carbocycles. The number of carbonyl (C=O) groups excluding carboxylic acids is 1. The maximum atomic E-state index is 13.3. The molecule has 1 aliphatic rings. The molecule has 8 heteroatoms. The van der Waals surface area contributed by atoms with Gasteiger partial charge in [0.05, 0.1) is 5.56 Å². The first-order chi connectivity index (χ1) is 13.1. The second kappa shape index (κ2) is 7.38. The molecule has 0 unspecified atom stereocenters. The number of hydrogen-bond acceptors (Lipinski definition) is 4. The van der Waals surface area contributed by atoms with Crippen LogP contribution in [0.5, 0.6) is 0 Å². The Hall–Kier alpha value is -2.90. The number of benzene rings is 1. The first kappa shape index (κ1) is 17.5. The molecule has 0 N–H and O–H groups in total. The summed E-state index contributed by atoms with van der Waals surface area (Å²) < 4.78 is 27.9. The summed E-state index contributed by atoms with van der Waals surface area (Å²) in [5.74, 6) is -1.34. The van der Waals surface area contributed by atoms with Crippen molar-refractivity contribution in [2.45, 2.75) is 25.7 Å². The molecule has 0 radical (unpaired) electrons. The zero-order valence-corrected chi connectivity index (χ0v) is 14.7. The summed E-state index contributed by atoms with van der Waals surface area (Å²) in [5.41, 5.74) is 1.92. The van der Waals surface area contributed by atoms with E-state index in [1.165, 1.54) is 10.6 Å². The van der Waals surface area contributed by atoms with Crippen molar-refractivity contribution in [1.29, 1.82) is 0 Å². The Morgan fingerprint density at radius 1 is 1.19 bits per heavy atom. The Bertz CT molecular complexity index is 974. The van der Waals surface area contributed by atoms with Gasteiger partial charge in [-0.05, 0) is 71.9 Å². The third-order valence-electron chi connectivity index (χ3n) is 5.07. The molecule has 1 saturated heterocycles. The van der Waals surface area contributed by atoms with Gasteiger partial charge in [-0.2, -0.15) is 4.52 Å². The minimum absolute atomic E-state index is 0.0371. The van der Waals surface area contributed by atoms with Gasteiger partial charge in [0.2, 0.25) is 0 Å². The molecule has 0 bridgehead atoms. The Labute approximate surface area is 154 Å². The van der Waals surface area contributed by atoms with Crippen LogP contribution >= 0.6 is 0 Å². The summed E-state index contributed by atoms with van der Waals surface area (Å²) >= 11 is 0. The van der Waals surface area contributed by atoms with Crippen molar-refractivity contribution < 1.29 is 13.6 Å². The van der Waals surface area contributed by atoms with Crippen molar-refractivity contribution in [2.75, 3.05) is 13.1 Å². The number of hydrogen-bond donors (Lipinski definition) is 0. The highest BCUT2D eigenvalue weighted by atomic mass is 19.2. The summed E-state index contributed by atoms with van der Waals surface area (Å²) in [6.45, 7) is 1.38. The van der Waals surface area contributed by atoms with E-state index < -0.39 is 11.6 Å². The summed E-state index contributed by atoms with van der Waals surface area (Å²) in [6.07, 6.45) is 5.10. The molecule has 0 aliphatic carbocycles. The molecular weight excluding hydrogens is 352 g/mol. The third-order valence-corrected chi connectivity index (χ3v) is 5.07. The summed E-state index contributed by atoms with van der Waals surface area (Å²) in [7, 11) is 0.